The summed E-state index contributed by atoms with van der Waals surface area (Å²) in [7, 11) is 0. The average molecular weight is 172 g/mol. The number of hydrogen-bond donors (Lipinski definition) is 1. The van der Waals surface area contributed by atoms with Crippen molar-refractivity contribution in [2.45, 2.75) is 11.8 Å². The number of phenols is 1. The molecule has 0 aliphatic rings. The number of benzene rings is 1. The summed E-state index contributed by atoms with van der Waals surface area (Å²) in [6, 6.07) is 2.84. The van der Waals surface area contributed by atoms with E-state index in [2.05, 4.69) is 0 Å². The SMILES string of the molecule is CSc1cc(O)cc(C)c1F. The first-order chi connectivity index (χ1) is 5.15. The van der Waals surface area contributed by atoms with E-state index in [4.69, 9.17) is 5.11 Å². The highest BCUT2D eigenvalue weighted by molar-refractivity contribution is 7.98. The zero-order chi connectivity index (χ0) is 8.43. The molecule has 1 aromatic carbocycles. The van der Waals surface area contributed by atoms with Gasteiger partial charge in [0.2, 0.25) is 0 Å². The van der Waals surface area contributed by atoms with Gasteiger partial charge < -0.3 is 5.11 Å². The zero-order valence-electron chi connectivity index (χ0n) is 6.39. The van der Waals surface area contributed by atoms with Crippen molar-refractivity contribution >= 4 is 11.8 Å². The number of aromatic hydroxyl groups is 1. The van der Waals surface area contributed by atoms with E-state index in [-0.39, 0.29) is 11.6 Å². The second kappa shape index (κ2) is 3.13. The van der Waals surface area contributed by atoms with Crippen molar-refractivity contribution in [3.8, 4) is 5.75 Å². The van der Waals surface area contributed by atoms with E-state index in [0.717, 1.165) is 0 Å². The number of rotatable bonds is 1. The summed E-state index contributed by atoms with van der Waals surface area (Å²) in [5.74, 6) is -0.122. The fourth-order valence-electron chi connectivity index (χ4n) is 0.867. The Morgan fingerprint density at radius 2 is 2.09 bits per heavy atom. The minimum atomic E-state index is -0.240. The van der Waals surface area contributed by atoms with Crippen molar-refractivity contribution in [1.29, 1.82) is 0 Å². The summed E-state index contributed by atoms with van der Waals surface area (Å²) >= 11 is 1.29. The van der Waals surface area contributed by atoms with Crippen LogP contribution < -0.4 is 0 Å². The lowest BCUT2D eigenvalue weighted by molar-refractivity contribution is 0.468. The molecule has 0 fully saturated rings. The summed E-state index contributed by atoms with van der Waals surface area (Å²) < 4.78 is 13.1. The summed E-state index contributed by atoms with van der Waals surface area (Å²) in [6.45, 7) is 1.63. The molecule has 0 atom stereocenters. The van der Waals surface area contributed by atoms with E-state index in [0.29, 0.717) is 10.5 Å². The van der Waals surface area contributed by atoms with Gasteiger partial charge in [0.25, 0.3) is 0 Å². The Bertz CT molecular complexity index is 273. The predicted molar refractivity (Wildman–Crippen MR) is 44.6 cm³/mol. The number of phenolic OH excluding ortho intramolecular Hbond substituents is 1. The van der Waals surface area contributed by atoms with Crippen LogP contribution in [0.1, 0.15) is 5.56 Å². The number of aryl methyl sites for hydroxylation is 1. The number of hydrogen-bond acceptors (Lipinski definition) is 2. The van der Waals surface area contributed by atoms with Crippen molar-refractivity contribution < 1.29 is 9.50 Å². The van der Waals surface area contributed by atoms with E-state index >= 15 is 0 Å². The zero-order valence-corrected chi connectivity index (χ0v) is 7.20. The molecular weight excluding hydrogens is 163 g/mol. The second-order valence-electron chi connectivity index (χ2n) is 2.28. The quantitative estimate of drug-likeness (QED) is 0.657. The topological polar surface area (TPSA) is 20.2 Å². The molecule has 0 saturated heterocycles. The van der Waals surface area contributed by atoms with Crippen LogP contribution in [0, 0.1) is 12.7 Å². The fourth-order valence-corrected chi connectivity index (χ4v) is 1.45. The minimum Gasteiger partial charge on any atom is -0.508 e. The summed E-state index contributed by atoms with van der Waals surface area (Å²) in [4.78, 5) is 0.488. The van der Waals surface area contributed by atoms with Gasteiger partial charge in [-0.2, -0.15) is 0 Å². The molecular formula is C8H9FOS. The second-order valence-corrected chi connectivity index (χ2v) is 3.13. The normalized spacial score (nSPS) is 10.1. The standard InChI is InChI=1S/C8H9FOS/c1-5-3-6(10)4-7(11-2)8(5)9/h3-4,10H,1-2H3. The van der Waals surface area contributed by atoms with Crippen LogP contribution in [0.15, 0.2) is 17.0 Å². The molecule has 1 rings (SSSR count). The van der Waals surface area contributed by atoms with Crippen molar-refractivity contribution in [2.24, 2.45) is 0 Å². The predicted octanol–water partition coefficient (Wildman–Crippen LogP) is 2.56. The van der Waals surface area contributed by atoms with Gasteiger partial charge >= 0.3 is 0 Å². The maximum Gasteiger partial charge on any atom is 0.139 e. The Morgan fingerprint density at radius 3 is 2.64 bits per heavy atom. The van der Waals surface area contributed by atoms with E-state index in [1.807, 2.05) is 0 Å². The van der Waals surface area contributed by atoms with Gasteiger partial charge in [0, 0.05) is 4.90 Å². The summed E-state index contributed by atoms with van der Waals surface area (Å²) in [5.41, 5.74) is 0.481. The minimum absolute atomic E-state index is 0.119. The maximum atomic E-state index is 13.1. The van der Waals surface area contributed by atoms with Crippen molar-refractivity contribution in [3.05, 3.63) is 23.5 Å². The van der Waals surface area contributed by atoms with Gasteiger partial charge in [0.1, 0.15) is 11.6 Å². The summed E-state index contributed by atoms with van der Waals surface area (Å²) in [5, 5.41) is 9.07. The van der Waals surface area contributed by atoms with E-state index in [1.54, 1.807) is 13.2 Å². The monoisotopic (exact) mass is 172 g/mol. The highest BCUT2D eigenvalue weighted by atomic mass is 32.2. The van der Waals surface area contributed by atoms with Crippen LogP contribution in [0.3, 0.4) is 0 Å². The molecule has 1 N–H and O–H groups in total. The van der Waals surface area contributed by atoms with Crippen molar-refractivity contribution in [3.63, 3.8) is 0 Å². The highest BCUT2D eigenvalue weighted by Gasteiger charge is 2.05. The molecule has 0 radical (unpaired) electrons. The molecule has 0 amide bonds. The Labute approximate surface area is 69.2 Å². The van der Waals surface area contributed by atoms with Crippen LogP contribution in [0.25, 0.3) is 0 Å². The third-order valence-corrected chi connectivity index (χ3v) is 2.16. The van der Waals surface area contributed by atoms with Crippen LogP contribution in [0.4, 0.5) is 4.39 Å². The molecule has 60 valence electrons. The molecule has 0 aliphatic heterocycles. The van der Waals surface area contributed by atoms with Crippen molar-refractivity contribution in [2.75, 3.05) is 6.26 Å². The van der Waals surface area contributed by atoms with E-state index in [1.165, 1.54) is 23.9 Å². The van der Waals surface area contributed by atoms with Crippen LogP contribution >= 0.6 is 11.8 Å². The molecule has 0 spiro atoms. The Morgan fingerprint density at radius 1 is 1.45 bits per heavy atom. The van der Waals surface area contributed by atoms with Crippen LogP contribution in [0.5, 0.6) is 5.75 Å². The molecule has 3 heteroatoms. The van der Waals surface area contributed by atoms with Gasteiger partial charge in [-0.15, -0.1) is 11.8 Å². The van der Waals surface area contributed by atoms with Crippen molar-refractivity contribution in [1.82, 2.24) is 0 Å². The molecule has 1 aromatic rings. The summed E-state index contributed by atoms with van der Waals surface area (Å²) in [6.07, 6.45) is 1.78. The largest absolute Gasteiger partial charge is 0.508 e. The molecule has 0 aliphatic carbocycles. The van der Waals surface area contributed by atoms with E-state index < -0.39 is 0 Å². The molecule has 1 nitrogen and oxygen atoms in total. The van der Waals surface area contributed by atoms with E-state index in [9.17, 15) is 4.39 Å². The smallest absolute Gasteiger partial charge is 0.139 e. The lowest BCUT2D eigenvalue weighted by Crippen LogP contribution is -1.85. The molecule has 11 heavy (non-hydrogen) atoms. The molecule has 0 aromatic heterocycles. The van der Waals surface area contributed by atoms with Gasteiger partial charge in [-0.3, -0.25) is 0 Å². The Balaban J connectivity index is 3.24. The van der Waals surface area contributed by atoms with Crippen LogP contribution in [0.2, 0.25) is 0 Å². The van der Waals surface area contributed by atoms with Gasteiger partial charge in [-0.25, -0.2) is 4.39 Å². The fraction of sp³-hybridized carbons (Fsp3) is 0.250. The van der Waals surface area contributed by atoms with Gasteiger partial charge in [0.05, 0.1) is 0 Å². The maximum absolute atomic E-state index is 13.1. The first kappa shape index (κ1) is 8.40. The lowest BCUT2D eigenvalue weighted by atomic mass is 10.2. The first-order valence-electron chi connectivity index (χ1n) is 3.18. The van der Waals surface area contributed by atoms with Gasteiger partial charge in [-0.1, -0.05) is 0 Å². The number of thioether (sulfide) groups is 1. The van der Waals surface area contributed by atoms with Gasteiger partial charge in [0.15, 0.2) is 0 Å². The third kappa shape index (κ3) is 1.66. The molecule has 0 heterocycles. The molecule has 0 unspecified atom stereocenters. The third-order valence-electron chi connectivity index (χ3n) is 1.43. The highest BCUT2D eigenvalue weighted by Crippen LogP contribution is 2.26. The number of halogens is 1. The van der Waals surface area contributed by atoms with Crippen LogP contribution in [-0.4, -0.2) is 11.4 Å². The van der Waals surface area contributed by atoms with Gasteiger partial charge in [-0.05, 0) is 30.9 Å². The first-order valence-corrected chi connectivity index (χ1v) is 4.40. The average Bonchev–Trinajstić information content (AvgIpc) is 1.96. The molecule has 0 bridgehead atoms. The Kier molecular flexibility index (Phi) is 2.39. The lowest BCUT2D eigenvalue weighted by Gasteiger charge is -2.02. The van der Waals surface area contributed by atoms with Crippen LogP contribution in [-0.2, 0) is 0 Å². The Hall–Kier alpha value is -0.700. The molecule has 0 saturated carbocycles.